The quantitative estimate of drug-likeness (QED) is 0.917. The van der Waals surface area contributed by atoms with Crippen LogP contribution in [0.5, 0.6) is 0 Å². The fourth-order valence-electron chi connectivity index (χ4n) is 2.62. The molecule has 0 unspecified atom stereocenters. The van der Waals surface area contributed by atoms with Crippen LogP contribution in [0.3, 0.4) is 0 Å². The van der Waals surface area contributed by atoms with Gasteiger partial charge in [-0.2, -0.15) is 0 Å². The van der Waals surface area contributed by atoms with E-state index in [0.29, 0.717) is 11.5 Å². The summed E-state index contributed by atoms with van der Waals surface area (Å²) >= 11 is 0. The predicted molar refractivity (Wildman–Crippen MR) is 80.5 cm³/mol. The lowest BCUT2D eigenvalue weighted by Gasteiger charge is -2.32. The molecule has 116 valence electrons. The first-order valence-electron chi connectivity index (χ1n) is 7.15. The molecule has 1 aliphatic heterocycles. The second kappa shape index (κ2) is 5.84. The summed E-state index contributed by atoms with van der Waals surface area (Å²) in [5, 5.41) is 9.25. The number of hydrogen-bond acceptors (Lipinski definition) is 5. The van der Waals surface area contributed by atoms with Gasteiger partial charge in [-0.05, 0) is 19.2 Å². The molecule has 0 spiro atoms. The van der Waals surface area contributed by atoms with E-state index in [0.717, 1.165) is 26.2 Å². The number of carboxylic acid groups (broad SMARTS) is 1. The van der Waals surface area contributed by atoms with E-state index in [4.69, 9.17) is 5.11 Å². The minimum atomic E-state index is -1.03. The highest BCUT2D eigenvalue weighted by Gasteiger charge is 2.20. The molecule has 7 heteroatoms. The van der Waals surface area contributed by atoms with Gasteiger partial charge in [-0.25, -0.2) is 14.4 Å². The van der Waals surface area contributed by atoms with Gasteiger partial charge in [0, 0.05) is 26.2 Å². The number of anilines is 1. The smallest absolute Gasteiger partial charge is 0.309 e. The molecule has 2 aromatic rings. The average molecular weight is 304 g/mol. The fraction of sp³-hybridized carbons (Fsp3) is 0.400. The lowest BCUT2D eigenvalue weighted by Crippen LogP contribution is -2.45. The van der Waals surface area contributed by atoms with Gasteiger partial charge in [-0.1, -0.05) is 6.07 Å². The molecule has 0 saturated carbocycles. The molecular weight excluding hydrogens is 287 g/mol. The van der Waals surface area contributed by atoms with E-state index < -0.39 is 11.8 Å². The van der Waals surface area contributed by atoms with Crippen LogP contribution in [0.1, 0.15) is 5.69 Å². The van der Waals surface area contributed by atoms with Crippen molar-refractivity contribution in [3.05, 3.63) is 29.7 Å². The number of aromatic nitrogens is 2. The number of halogens is 1. The first-order valence-corrected chi connectivity index (χ1v) is 7.15. The van der Waals surface area contributed by atoms with Crippen molar-refractivity contribution in [2.45, 2.75) is 6.42 Å². The monoisotopic (exact) mass is 304 g/mol. The van der Waals surface area contributed by atoms with Crippen LogP contribution in [0.2, 0.25) is 0 Å². The Morgan fingerprint density at radius 1 is 1.27 bits per heavy atom. The lowest BCUT2D eigenvalue weighted by molar-refractivity contribution is -0.136. The molecule has 0 amide bonds. The van der Waals surface area contributed by atoms with Gasteiger partial charge < -0.3 is 14.9 Å². The van der Waals surface area contributed by atoms with Gasteiger partial charge in [0.25, 0.3) is 0 Å². The third kappa shape index (κ3) is 2.85. The summed E-state index contributed by atoms with van der Waals surface area (Å²) in [5.41, 5.74) is 0.671. The maximum absolute atomic E-state index is 14.0. The third-order valence-electron chi connectivity index (χ3n) is 3.84. The van der Waals surface area contributed by atoms with Gasteiger partial charge in [-0.15, -0.1) is 0 Å². The molecule has 2 heterocycles. The van der Waals surface area contributed by atoms with Crippen LogP contribution >= 0.6 is 0 Å². The minimum absolute atomic E-state index is 0.197. The summed E-state index contributed by atoms with van der Waals surface area (Å²) in [5.74, 6) is -1.05. The highest BCUT2D eigenvalue weighted by Crippen LogP contribution is 2.23. The van der Waals surface area contributed by atoms with Gasteiger partial charge in [0.2, 0.25) is 5.95 Å². The molecule has 0 bridgehead atoms. The van der Waals surface area contributed by atoms with Gasteiger partial charge in [0.15, 0.2) is 0 Å². The molecular formula is C15H17FN4O2. The van der Waals surface area contributed by atoms with Crippen molar-refractivity contribution in [1.82, 2.24) is 14.9 Å². The van der Waals surface area contributed by atoms with E-state index in [9.17, 15) is 9.18 Å². The van der Waals surface area contributed by atoms with Crippen molar-refractivity contribution in [3.63, 3.8) is 0 Å². The van der Waals surface area contributed by atoms with Crippen LogP contribution in [-0.4, -0.2) is 59.2 Å². The zero-order valence-electron chi connectivity index (χ0n) is 12.3. The molecule has 0 aliphatic carbocycles. The second-order valence-electron chi connectivity index (χ2n) is 5.47. The summed E-state index contributed by atoms with van der Waals surface area (Å²) < 4.78 is 14.0. The summed E-state index contributed by atoms with van der Waals surface area (Å²) in [6.45, 7) is 3.31. The highest BCUT2D eigenvalue weighted by atomic mass is 19.1. The maximum Gasteiger partial charge on any atom is 0.309 e. The van der Waals surface area contributed by atoms with Crippen molar-refractivity contribution in [2.75, 3.05) is 38.1 Å². The van der Waals surface area contributed by atoms with E-state index >= 15 is 0 Å². The molecule has 1 N–H and O–H groups in total. The average Bonchev–Trinajstić information content (AvgIpc) is 2.47. The van der Waals surface area contributed by atoms with Gasteiger partial charge >= 0.3 is 5.97 Å². The van der Waals surface area contributed by atoms with Gasteiger partial charge in [0.05, 0.1) is 23.0 Å². The highest BCUT2D eigenvalue weighted by molar-refractivity contribution is 5.86. The Morgan fingerprint density at radius 2 is 2.00 bits per heavy atom. The molecule has 1 aliphatic rings. The summed E-state index contributed by atoms with van der Waals surface area (Å²) in [4.78, 5) is 24.0. The number of likely N-dealkylation sites (N-methyl/N-ethyl adjacent to an activating group) is 1. The Hall–Kier alpha value is -2.28. The standard InChI is InChI=1S/C15H17FN4O2/c1-19-5-7-20(8-6-19)15-17-11-4-2-3-10(16)14(11)12(18-15)9-13(21)22/h2-4H,5-9H2,1H3,(H,21,22). The number of carboxylic acids is 1. The zero-order chi connectivity index (χ0) is 15.7. The Morgan fingerprint density at radius 3 is 2.68 bits per heavy atom. The zero-order valence-corrected chi connectivity index (χ0v) is 12.3. The van der Waals surface area contributed by atoms with Crippen LogP contribution in [0, 0.1) is 5.82 Å². The first kappa shape index (κ1) is 14.6. The Balaban J connectivity index is 2.06. The number of nitrogens with zero attached hydrogens (tertiary/aromatic N) is 4. The molecule has 22 heavy (non-hydrogen) atoms. The van der Waals surface area contributed by atoms with E-state index in [1.165, 1.54) is 6.07 Å². The SMILES string of the molecule is CN1CCN(c2nc(CC(=O)O)c3c(F)cccc3n2)CC1. The van der Waals surface area contributed by atoms with E-state index in [1.54, 1.807) is 12.1 Å². The number of benzene rings is 1. The summed E-state index contributed by atoms with van der Waals surface area (Å²) in [6.07, 6.45) is -0.319. The van der Waals surface area contributed by atoms with Crippen molar-refractivity contribution < 1.29 is 14.3 Å². The molecule has 6 nitrogen and oxygen atoms in total. The molecule has 1 fully saturated rings. The fourth-order valence-corrected chi connectivity index (χ4v) is 2.62. The third-order valence-corrected chi connectivity index (χ3v) is 3.84. The van der Waals surface area contributed by atoms with Crippen LogP contribution in [0.15, 0.2) is 18.2 Å². The number of hydrogen-bond donors (Lipinski definition) is 1. The van der Waals surface area contributed by atoms with Crippen molar-refractivity contribution in [3.8, 4) is 0 Å². The Labute approximate surface area is 127 Å². The van der Waals surface area contributed by atoms with Crippen molar-refractivity contribution in [1.29, 1.82) is 0 Å². The molecule has 1 aromatic carbocycles. The first-order chi connectivity index (χ1) is 10.5. The van der Waals surface area contributed by atoms with Gasteiger partial charge in [0.1, 0.15) is 5.82 Å². The van der Waals surface area contributed by atoms with Crippen LogP contribution < -0.4 is 4.90 Å². The number of aliphatic carboxylic acids is 1. The maximum atomic E-state index is 14.0. The number of piperazine rings is 1. The van der Waals surface area contributed by atoms with Crippen LogP contribution in [-0.2, 0) is 11.2 Å². The normalized spacial score (nSPS) is 16.2. The van der Waals surface area contributed by atoms with Gasteiger partial charge in [-0.3, -0.25) is 4.79 Å². The summed E-state index contributed by atoms with van der Waals surface area (Å²) in [6, 6.07) is 4.56. The van der Waals surface area contributed by atoms with Crippen LogP contribution in [0.25, 0.3) is 10.9 Å². The molecule has 1 saturated heterocycles. The molecule has 1 aromatic heterocycles. The van der Waals surface area contributed by atoms with Crippen molar-refractivity contribution >= 4 is 22.8 Å². The largest absolute Gasteiger partial charge is 0.481 e. The summed E-state index contributed by atoms with van der Waals surface area (Å²) in [7, 11) is 2.05. The Kier molecular flexibility index (Phi) is 3.89. The number of fused-ring (bicyclic) bond motifs is 1. The van der Waals surface area contributed by atoms with E-state index in [-0.39, 0.29) is 17.5 Å². The number of rotatable bonds is 3. The second-order valence-corrected chi connectivity index (χ2v) is 5.47. The van der Waals surface area contributed by atoms with E-state index in [1.807, 2.05) is 11.9 Å². The topological polar surface area (TPSA) is 69.6 Å². The predicted octanol–water partition coefficient (Wildman–Crippen LogP) is 1.15. The number of carbonyl (C=O) groups is 1. The minimum Gasteiger partial charge on any atom is -0.481 e. The molecule has 3 rings (SSSR count). The molecule has 0 radical (unpaired) electrons. The van der Waals surface area contributed by atoms with E-state index in [2.05, 4.69) is 14.9 Å². The van der Waals surface area contributed by atoms with Crippen LogP contribution in [0.4, 0.5) is 10.3 Å². The van der Waals surface area contributed by atoms with Crippen molar-refractivity contribution in [2.24, 2.45) is 0 Å². The lowest BCUT2D eigenvalue weighted by atomic mass is 10.1. The molecule has 0 atom stereocenters. The Bertz CT molecular complexity index is 714.